The van der Waals surface area contributed by atoms with Gasteiger partial charge >= 0.3 is 11.8 Å². The fraction of sp³-hybridized carbons (Fsp3) is 0.467. The van der Waals surface area contributed by atoms with Crippen molar-refractivity contribution < 1.29 is 19.4 Å². The maximum atomic E-state index is 11.7. The molecule has 6 heteroatoms. The number of rotatable bonds is 3. The molecular weight excluding hydrogens is 272 g/mol. The van der Waals surface area contributed by atoms with E-state index in [1.54, 1.807) is 12.1 Å². The van der Waals surface area contributed by atoms with E-state index in [1.165, 1.54) is 0 Å². The number of hydrogen-bond donors (Lipinski definition) is 3. The summed E-state index contributed by atoms with van der Waals surface area (Å²) in [5, 5.41) is 15.2. The molecule has 3 N–H and O–H groups in total. The van der Waals surface area contributed by atoms with Gasteiger partial charge in [-0.2, -0.15) is 0 Å². The van der Waals surface area contributed by atoms with E-state index in [-0.39, 0.29) is 6.54 Å². The van der Waals surface area contributed by atoms with E-state index >= 15 is 0 Å². The molecule has 1 aromatic carbocycles. The van der Waals surface area contributed by atoms with Crippen molar-refractivity contribution in [2.75, 3.05) is 25.1 Å². The normalized spacial score (nSPS) is 17.0. The van der Waals surface area contributed by atoms with Crippen molar-refractivity contribution in [1.29, 1.82) is 0 Å². The molecular formula is C15H20N2O4. The number of hydrogen-bond acceptors (Lipinski definition) is 4. The highest BCUT2D eigenvalue weighted by Crippen LogP contribution is 2.19. The number of amides is 2. The Bertz CT molecular complexity index is 507. The van der Waals surface area contributed by atoms with Gasteiger partial charge in [0.1, 0.15) is 0 Å². The van der Waals surface area contributed by atoms with Crippen molar-refractivity contribution in [2.45, 2.75) is 25.4 Å². The Kier molecular flexibility index (Phi) is 4.93. The summed E-state index contributed by atoms with van der Waals surface area (Å²) in [6, 6.07) is 7.15. The second kappa shape index (κ2) is 6.69. The first kappa shape index (κ1) is 15.5. The standard InChI is InChI=1S/C15H20N2O4/c1-11-2-4-12(5-3-11)17-14(19)13(18)16-10-15(20)6-8-21-9-7-15/h2-5,20H,6-10H2,1H3,(H,16,18)(H,17,19). The Hall–Kier alpha value is -1.92. The van der Waals surface area contributed by atoms with Crippen molar-refractivity contribution in [3.63, 3.8) is 0 Å². The van der Waals surface area contributed by atoms with Gasteiger partial charge in [-0.25, -0.2) is 0 Å². The number of aliphatic hydroxyl groups is 1. The van der Waals surface area contributed by atoms with E-state index in [0.29, 0.717) is 31.7 Å². The van der Waals surface area contributed by atoms with Crippen LogP contribution in [0.3, 0.4) is 0 Å². The lowest BCUT2D eigenvalue weighted by molar-refractivity contribution is -0.137. The van der Waals surface area contributed by atoms with Crippen LogP contribution in [0.15, 0.2) is 24.3 Å². The molecule has 1 fully saturated rings. The molecule has 6 nitrogen and oxygen atoms in total. The first-order chi connectivity index (χ1) is 9.98. The van der Waals surface area contributed by atoms with Gasteiger partial charge in [-0.15, -0.1) is 0 Å². The number of aryl methyl sites for hydroxylation is 1. The molecule has 0 saturated carbocycles. The summed E-state index contributed by atoms with van der Waals surface area (Å²) in [4.78, 5) is 23.5. The monoisotopic (exact) mass is 292 g/mol. The largest absolute Gasteiger partial charge is 0.388 e. The Balaban J connectivity index is 1.82. The third-order valence-corrected chi connectivity index (χ3v) is 3.52. The second-order valence-electron chi connectivity index (χ2n) is 5.34. The van der Waals surface area contributed by atoms with Crippen LogP contribution >= 0.6 is 0 Å². The molecule has 0 atom stereocenters. The quantitative estimate of drug-likeness (QED) is 0.712. The average Bonchev–Trinajstić information content (AvgIpc) is 2.48. The molecule has 2 rings (SSSR count). The minimum atomic E-state index is -0.988. The van der Waals surface area contributed by atoms with Crippen LogP contribution in [0.4, 0.5) is 5.69 Å². The summed E-state index contributed by atoms with van der Waals surface area (Å²) in [6.45, 7) is 2.91. The molecule has 0 unspecified atom stereocenters. The van der Waals surface area contributed by atoms with E-state index in [1.807, 2.05) is 19.1 Å². The molecule has 2 amide bonds. The summed E-state index contributed by atoms with van der Waals surface area (Å²) in [7, 11) is 0. The summed E-state index contributed by atoms with van der Waals surface area (Å²) in [5.41, 5.74) is 0.641. The lowest BCUT2D eigenvalue weighted by Crippen LogP contribution is -2.48. The predicted octanol–water partition coefficient (Wildman–Crippen LogP) is 0.591. The zero-order valence-corrected chi connectivity index (χ0v) is 12.0. The number of nitrogens with one attached hydrogen (secondary N) is 2. The zero-order valence-electron chi connectivity index (χ0n) is 12.0. The van der Waals surface area contributed by atoms with Gasteiger partial charge in [0.05, 0.1) is 5.60 Å². The van der Waals surface area contributed by atoms with Crippen LogP contribution in [0.25, 0.3) is 0 Å². The maximum absolute atomic E-state index is 11.7. The molecule has 1 saturated heterocycles. The third kappa shape index (κ3) is 4.54. The van der Waals surface area contributed by atoms with Crippen molar-refractivity contribution in [3.8, 4) is 0 Å². The van der Waals surface area contributed by atoms with E-state index in [4.69, 9.17) is 4.74 Å². The first-order valence-corrected chi connectivity index (χ1v) is 6.94. The summed E-state index contributed by atoms with van der Waals surface area (Å²) < 4.78 is 5.16. The molecule has 1 aliphatic heterocycles. The molecule has 1 aromatic rings. The Morgan fingerprint density at radius 1 is 1.19 bits per heavy atom. The highest BCUT2D eigenvalue weighted by Gasteiger charge is 2.30. The molecule has 21 heavy (non-hydrogen) atoms. The zero-order chi connectivity index (χ0) is 15.3. The fourth-order valence-electron chi connectivity index (χ4n) is 2.08. The van der Waals surface area contributed by atoms with Crippen LogP contribution in [0.1, 0.15) is 18.4 Å². The molecule has 0 spiro atoms. The molecule has 0 aliphatic carbocycles. The van der Waals surface area contributed by atoms with Crippen LogP contribution in [0.5, 0.6) is 0 Å². The highest BCUT2D eigenvalue weighted by atomic mass is 16.5. The smallest absolute Gasteiger partial charge is 0.313 e. The van der Waals surface area contributed by atoms with Gasteiger partial charge in [0, 0.05) is 38.3 Å². The maximum Gasteiger partial charge on any atom is 0.313 e. The van der Waals surface area contributed by atoms with Crippen molar-refractivity contribution >= 4 is 17.5 Å². The Labute approximate surface area is 123 Å². The Morgan fingerprint density at radius 2 is 1.81 bits per heavy atom. The van der Waals surface area contributed by atoms with Gasteiger partial charge in [0.15, 0.2) is 0 Å². The van der Waals surface area contributed by atoms with Gasteiger partial charge < -0.3 is 20.5 Å². The van der Waals surface area contributed by atoms with Crippen molar-refractivity contribution in [2.24, 2.45) is 0 Å². The number of ether oxygens (including phenoxy) is 1. The fourth-order valence-corrected chi connectivity index (χ4v) is 2.08. The minimum absolute atomic E-state index is 0.0521. The number of carbonyl (C=O) groups excluding carboxylic acids is 2. The van der Waals surface area contributed by atoms with Gasteiger partial charge in [0.2, 0.25) is 0 Å². The lowest BCUT2D eigenvalue weighted by atomic mass is 9.94. The van der Waals surface area contributed by atoms with Gasteiger partial charge in [-0.05, 0) is 19.1 Å². The first-order valence-electron chi connectivity index (χ1n) is 6.94. The minimum Gasteiger partial charge on any atom is -0.388 e. The lowest BCUT2D eigenvalue weighted by Gasteiger charge is -2.31. The molecule has 114 valence electrons. The summed E-state index contributed by atoms with van der Waals surface area (Å²) in [6.07, 6.45) is 0.903. The second-order valence-corrected chi connectivity index (χ2v) is 5.34. The van der Waals surface area contributed by atoms with Crippen LogP contribution in [0, 0.1) is 6.92 Å². The van der Waals surface area contributed by atoms with Gasteiger partial charge in [-0.1, -0.05) is 17.7 Å². The third-order valence-electron chi connectivity index (χ3n) is 3.52. The topological polar surface area (TPSA) is 87.7 Å². The van der Waals surface area contributed by atoms with Crippen LogP contribution in [-0.2, 0) is 14.3 Å². The summed E-state index contributed by atoms with van der Waals surface area (Å²) >= 11 is 0. The molecule has 1 aliphatic rings. The number of anilines is 1. The molecule has 0 bridgehead atoms. The number of carbonyl (C=O) groups is 2. The van der Waals surface area contributed by atoms with Crippen LogP contribution in [-0.4, -0.2) is 42.3 Å². The molecule has 0 aromatic heterocycles. The van der Waals surface area contributed by atoms with Crippen molar-refractivity contribution in [3.05, 3.63) is 29.8 Å². The molecule has 1 heterocycles. The SMILES string of the molecule is Cc1ccc(NC(=O)C(=O)NCC2(O)CCOCC2)cc1. The van der Waals surface area contributed by atoms with E-state index in [0.717, 1.165) is 5.56 Å². The van der Waals surface area contributed by atoms with Gasteiger partial charge in [-0.3, -0.25) is 9.59 Å². The summed E-state index contributed by atoms with van der Waals surface area (Å²) in [5.74, 6) is -1.50. The number of benzene rings is 1. The van der Waals surface area contributed by atoms with E-state index in [9.17, 15) is 14.7 Å². The average molecular weight is 292 g/mol. The van der Waals surface area contributed by atoms with E-state index < -0.39 is 17.4 Å². The Morgan fingerprint density at radius 3 is 2.43 bits per heavy atom. The van der Waals surface area contributed by atoms with E-state index in [2.05, 4.69) is 10.6 Å². The van der Waals surface area contributed by atoms with Crippen LogP contribution < -0.4 is 10.6 Å². The predicted molar refractivity (Wildman–Crippen MR) is 77.8 cm³/mol. The van der Waals surface area contributed by atoms with Crippen LogP contribution in [0.2, 0.25) is 0 Å². The van der Waals surface area contributed by atoms with Crippen molar-refractivity contribution in [1.82, 2.24) is 5.32 Å². The van der Waals surface area contributed by atoms with Gasteiger partial charge in [0.25, 0.3) is 0 Å². The molecule has 0 radical (unpaired) electrons. The highest BCUT2D eigenvalue weighted by molar-refractivity contribution is 6.39.